The number of hydrogen-bond donors (Lipinski definition) is 2. The van der Waals surface area contributed by atoms with Crippen LogP contribution in [0, 0.1) is 5.82 Å². The fourth-order valence-corrected chi connectivity index (χ4v) is 3.45. The van der Waals surface area contributed by atoms with Gasteiger partial charge in [-0.15, -0.1) is 0 Å². The van der Waals surface area contributed by atoms with E-state index in [9.17, 15) is 9.18 Å². The molecule has 0 aromatic heterocycles. The lowest BCUT2D eigenvalue weighted by atomic mass is 10.2. The molecule has 0 spiro atoms. The zero-order valence-electron chi connectivity index (χ0n) is 17.5. The van der Waals surface area contributed by atoms with Crippen LogP contribution in [-0.2, 0) is 11.3 Å². The van der Waals surface area contributed by atoms with Gasteiger partial charge < -0.3 is 20.4 Å². The quantitative estimate of drug-likeness (QED) is 0.543. The minimum absolute atomic E-state index is 0.149. The lowest BCUT2D eigenvalue weighted by molar-refractivity contribution is -0.131. The summed E-state index contributed by atoms with van der Waals surface area (Å²) >= 11 is 0. The van der Waals surface area contributed by atoms with Gasteiger partial charge >= 0.3 is 0 Å². The maximum atomic E-state index is 13.3. The third-order valence-electron chi connectivity index (χ3n) is 5.04. The second-order valence-electron chi connectivity index (χ2n) is 7.21. The number of hydrogen-bond acceptors (Lipinski definition) is 3. The summed E-state index contributed by atoms with van der Waals surface area (Å²) in [5, 5.41) is 6.36. The summed E-state index contributed by atoms with van der Waals surface area (Å²) < 4.78 is 13.3. The predicted molar refractivity (Wildman–Crippen MR) is 119 cm³/mol. The van der Waals surface area contributed by atoms with E-state index in [1.807, 2.05) is 36.1 Å². The van der Waals surface area contributed by atoms with Gasteiger partial charge in [0.15, 0.2) is 5.96 Å². The van der Waals surface area contributed by atoms with E-state index in [1.165, 1.54) is 17.8 Å². The van der Waals surface area contributed by atoms with E-state index in [-0.39, 0.29) is 11.7 Å². The molecular formula is C23H30FN5O. The molecule has 6 nitrogen and oxygen atoms in total. The standard InChI is InChI=1S/C23H30FN5O/c1-2-25-23(27-18-19-7-6-8-20(24)17-19)26-12-11-22(30)29-15-13-28(14-16-29)21-9-4-3-5-10-21/h3-10,17H,2,11-16,18H2,1H3,(H2,25,26,27). The summed E-state index contributed by atoms with van der Waals surface area (Å²) in [4.78, 5) is 21.3. The van der Waals surface area contributed by atoms with Crippen LogP contribution in [0.3, 0.4) is 0 Å². The molecule has 1 heterocycles. The number of guanidine groups is 1. The Bertz CT molecular complexity index is 834. The summed E-state index contributed by atoms with van der Waals surface area (Å²) in [5.41, 5.74) is 2.01. The first-order valence-corrected chi connectivity index (χ1v) is 10.5. The molecule has 0 saturated carbocycles. The maximum absolute atomic E-state index is 13.3. The highest BCUT2D eigenvalue weighted by Crippen LogP contribution is 2.15. The Morgan fingerprint density at radius 3 is 2.50 bits per heavy atom. The Kier molecular flexibility index (Phi) is 8.06. The number of amides is 1. The molecule has 0 radical (unpaired) electrons. The summed E-state index contributed by atoms with van der Waals surface area (Å²) in [6.45, 7) is 6.75. The number of carbonyl (C=O) groups excluding carboxylic acids is 1. The van der Waals surface area contributed by atoms with Gasteiger partial charge in [0.05, 0.1) is 6.54 Å². The van der Waals surface area contributed by atoms with Crippen molar-refractivity contribution in [2.45, 2.75) is 19.9 Å². The third-order valence-corrected chi connectivity index (χ3v) is 5.04. The molecule has 0 atom stereocenters. The van der Waals surface area contributed by atoms with E-state index in [4.69, 9.17) is 0 Å². The fraction of sp³-hybridized carbons (Fsp3) is 0.391. The van der Waals surface area contributed by atoms with E-state index < -0.39 is 0 Å². The highest BCUT2D eigenvalue weighted by Gasteiger charge is 2.20. The van der Waals surface area contributed by atoms with E-state index in [0.717, 1.165) is 31.7 Å². The number of nitrogens with zero attached hydrogens (tertiary/aromatic N) is 3. The summed E-state index contributed by atoms with van der Waals surface area (Å²) in [7, 11) is 0. The first kappa shape index (κ1) is 21.6. The number of benzene rings is 2. The van der Waals surface area contributed by atoms with Crippen molar-refractivity contribution in [3.05, 3.63) is 66.0 Å². The number of para-hydroxylation sites is 1. The van der Waals surface area contributed by atoms with Crippen molar-refractivity contribution in [1.82, 2.24) is 15.5 Å². The maximum Gasteiger partial charge on any atom is 0.224 e. The van der Waals surface area contributed by atoms with Crippen molar-refractivity contribution in [2.75, 3.05) is 44.2 Å². The predicted octanol–water partition coefficient (Wildman–Crippen LogP) is 2.62. The van der Waals surface area contributed by atoms with Crippen molar-refractivity contribution >= 4 is 17.6 Å². The smallest absolute Gasteiger partial charge is 0.224 e. The normalized spacial score (nSPS) is 14.5. The highest BCUT2D eigenvalue weighted by molar-refractivity contribution is 5.81. The van der Waals surface area contributed by atoms with Gasteiger partial charge in [-0.1, -0.05) is 30.3 Å². The van der Waals surface area contributed by atoms with Crippen molar-refractivity contribution < 1.29 is 9.18 Å². The number of aliphatic imine (C=N–C) groups is 1. The van der Waals surface area contributed by atoms with Gasteiger partial charge in [-0.05, 0) is 36.8 Å². The number of halogens is 1. The van der Waals surface area contributed by atoms with E-state index >= 15 is 0 Å². The van der Waals surface area contributed by atoms with Crippen LogP contribution in [0.5, 0.6) is 0 Å². The number of nitrogens with one attached hydrogen (secondary N) is 2. The Balaban J connectivity index is 1.42. The summed E-state index contributed by atoms with van der Waals surface area (Å²) in [6, 6.07) is 16.7. The van der Waals surface area contributed by atoms with E-state index in [1.54, 1.807) is 6.07 Å². The van der Waals surface area contributed by atoms with Crippen molar-refractivity contribution in [2.24, 2.45) is 4.99 Å². The molecule has 2 aromatic rings. The lowest BCUT2D eigenvalue weighted by Gasteiger charge is -2.36. The van der Waals surface area contributed by atoms with Crippen LogP contribution in [0.2, 0.25) is 0 Å². The minimum Gasteiger partial charge on any atom is -0.368 e. The molecular weight excluding hydrogens is 381 g/mol. The van der Waals surface area contributed by atoms with Gasteiger partial charge in [-0.3, -0.25) is 4.79 Å². The Labute approximate surface area is 177 Å². The third kappa shape index (κ3) is 6.47. The summed E-state index contributed by atoms with van der Waals surface area (Å²) in [5.74, 6) is 0.512. The van der Waals surface area contributed by atoms with E-state index in [2.05, 4.69) is 32.7 Å². The van der Waals surface area contributed by atoms with Crippen molar-refractivity contribution in [3.63, 3.8) is 0 Å². The average Bonchev–Trinajstić information content (AvgIpc) is 2.78. The second-order valence-corrected chi connectivity index (χ2v) is 7.21. The molecule has 1 fully saturated rings. The monoisotopic (exact) mass is 411 g/mol. The first-order valence-electron chi connectivity index (χ1n) is 10.5. The molecule has 0 unspecified atom stereocenters. The Hall–Kier alpha value is -3.09. The van der Waals surface area contributed by atoms with Crippen LogP contribution >= 0.6 is 0 Å². The van der Waals surface area contributed by atoms with Gasteiger partial charge in [0.25, 0.3) is 0 Å². The number of piperazine rings is 1. The number of carbonyl (C=O) groups is 1. The molecule has 160 valence electrons. The Morgan fingerprint density at radius 2 is 1.80 bits per heavy atom. The fourth-order valence-electron chi connectivity index (χ4n) is 3.45. The van der Waals surface area contributed by atoms with Gasteiger partial charge in [0, 0.05) is 51.4 Å². The molecule has 3 rings (SSSR count). The van der Waals surface area contributed by atoms with Crippen LogP contribution < -0.4 is 15.5 Å². The van der Waals surface area contributed by atoms with Crippen molar-refractivity contribution in [3.8, 4) is 0 Å². The Morgan fingerprint density at radius 1 is 1.03 bits per heavy atom. The topological polar surface area (TPSA) is 60.0 Å². The average molecular weight is 412 g/mol. The molecule has 1 aliphatic heterocycles. The molecule has 1 aliphatic rings. The molecule has 2 N–H and O–H groups in total. The van der Waals surface area contributed by atoms with Gasteiger partial charge in [0.2, 0.25) is 5.91 Å². The lowest BCUT2D eigenvalue weighted by Crippen LogP contribution is -2.49. The molecule has 0 aliphatic carbocycles. The molecule has 30 heavy (non-hydrogen) atoms. The van der Waals surface area contributed by atoms with Crippen LogP contribution in [0.15, 0.2) is 59.6 Å². The van der Waals surface area contributed by atoms with Crippen LogP contribution in [0.1, 0.15) is 18.9 Å². The van der Waals surface area contributed by atoms with Gasteiger partial charge in [0.1, 0.15) is 5.82 Å². The SMILES string of the molecule is CCNC(=NCc1cccc(F)c1)NCCC(=O)N1CCN(c2ccccc2)CC1. The highest BCUT2D eigenvalue weighted by atomic mass is 19.1. The molecule has 1 saturated heterocycles. The second kappa shape index (κ2) is 11.2. The zero-order chi connectivity index (χ0) is 21.2. The first-order chi connectivity index (χ1) is 14.7. The number of rotatable bonds is 7. The molecule has 1 amide bonds. The van der Waals surface area contributed by atoms with Gasteiger partial charge in [-0.2, -0.15) is 0 Å². The minimum atomic E-state index is -0.265. The van der Waals surface area contributed by atoms with Crippen LogP contribution in [0.25, 0.3) is 0 Å². The summed E-state index contributed by atoms with van der Waals surface area (Å²) in [6.07, 6.45) is 0.412. The molecule has 7 heteroatoms. The molecule has 2 aromatic carbocycles. The largest absolute Gasteiger partial charge is 0.368 e. The molecule has 0 bridgehead atoms. The number of anilines is 1. The zero-order valence-corrected chi connectivity index (χ0v) is 17.5. The van der Waals surface area contributed by atoms with Crippen LogP contribution in [0.4, 0.5) is 10.1 Å². The van der Waals surface area contributed by atoms with Gasteiger partial charge in [-0.25, -0.2) is 9.38 Å². The van der Waals surface area contributed by atoms with Crippen LogP contribution in [-0.4, -0.2) is 56.0 Å². The van der Waals surface area contributed by atoms with Crippen molar-refractivity contribution in [1.29, 1.82) is 0 Å². The van der Waals surface area contributed by atoms with E-state index in [0.29, 0.717) is 32.0 Å².